The van der Waals surface area contributed by atoms with Crippen LogP contribution in [-0.4, -0.2) is 37.2 Å². The maximum atomic E-state index is 11.1. The highest BCUT2D eigenvalue weighted by Crippen LogP contribution is 2.18. The molecule has 17 heavy (non-hydrogen) atoms. The lowest BCUT2D eigenvalue weighted by atomic mass is 10.0. The lowest BCUT2D eigenvalue weighted by Gasteiger charge is -2.13. The largest absolute Gasteiger partial charge is 0.469 e. The van der Waals surface area contributed by atoms with Crippen molar-refractivity contribution >= 4 is 5.97 Å². The number of aliphatic hydroxyl groups is 1. The van der Waals surface area contributed by atoms with Gasteiger partial charge in [-0.15, -0.1) is 0 Å². The van der Waals surface area contributed by atoms with Crippen LogP contribution in [0.5, 0.6) is 0 Å². The van der Waals surface area contributed by atoms with E-state index in [1.54, 1.807) is 0 Å². The fraction of sp³-hybridized carbons (Fsp3) is 0.462. The first-order valence-corrected chi connectivity index (χ1v) is 5.51. The molecule has 0 heterocycles. The van der Waals surface area contributed by atoms with Crippen molar-refractivity contribution in [2.45, 2.75) is 19.1 Å². The van der Waals surface area contributed by atoms with E-state index >= 15 is 0 Å². The van der Waals surface area contributed by atoms with Crippen LogP contribution >= 0.6 is 0 Å². The molecule has 0 spiro atoms. The maximum absolute atomic E-state index is 11.1. The van der Waals surface area contributed by atoms with Crippen LogP contribution in [-0.2, 0) is 16.1 Å². The van der Waals surface area contributed by atoms with Crippen LogP contribution in [0.15, 0.2) is 24.3 Å². The summed E-state index contributed by atoms with van der Waals surface area (Å²) >= 11 is 0. The summed E-state index contributed by atoms with van der Waals surface area (Å²) in [5.41, 5.74) is 1.85. The lowest BCUT2D eigenvalue weighted by molar-refractivity contribution is -0.142. The predicted octanol–water partition coefficient (Wildman–Crippen LogP) is 1.34. The highest BCUT2D eigenvalue weighted by molar-refractivity contribution is 5.70. The molecule has 0 aliphatic carbocycles. The van der Waals surface area contributed by atoms with Crippen molar-refractivity contribution in [3.8, 4) is 0 Å². The molecule has 1 unspecified atom stereocenters. The Balaban J connectivity index is 2.73. The summed E-state index contributed by atoms with van der Waals surface area (Å²) in [5.74, 6) is -0.407. The normalized spacial score (nSPS) is 12.5. The van der Waals surface area contributed by atoms with Gasteiger partial charge in [-0.25, -0.2) is 0 Å². The quantitative estimate of drug-likeness (QED) is 0.785. The molecule has 0 amide bonds. The van der Waals surface area contributed by atoms with E-state index in [4.69, 9.17) is 0 Å². The summed E-state index contributed by atoms with van der Waals surface area (Å²) in [6.45, 7) is 0.804. The van der Waals surface area contributed by atoms with Crippen LogP contribution in [0.3, 0.4) is 0 Å². The molecule has 4 nitrogen and oxygen atoms in total. The van der Waals surface area contributed by atoms with Gasteiger partial charge in [0.1, 0.15) is 0 Å². The number of aliphatic hydroxyl groups excluding tert-OH is 1. The van der Waals surface area contributed by atoms with Crippen molar-refractivity contribution in [1.29, 1.82) is 0 Å². The Morgan fingerprint density at radius 1 is 1.47 bits per heavy atom. The number of hydrogen-bond acceptors (Lipinski definition) is 4. The number of ether oxygens (including phenoxy) is 1. The monoisotopic (exact) mass is 237 g/mol. The van der Waals surface area contributed by atoms with Crippen LogP contribution in [0, 0.1) is 0 Å². The molecule has 94 valence electrons. The van der Waals surface area contributed by atoms with Gasteiger partial charge >= 0.3 is 5.97 Å². The fourth-order valence-electron chi connectivity index (χ4n) is 1.62. The minimum absolute atomic E-state index is 0.0120. The molecule has 4 heteroatoms. The van der Waals surface area contributed by atoms with E-state index in [0.717, 1.165) is 17.7 Å². The Labute approximate surface area is 102 Å². The van der Waals surface area contributed by atoms with Gasteiger partial charge in [0, 0.05) is 6.54 Å². The molecular formula is C13H19NO3. The van der Waals surface area contributed by atoms with Crippen LogP contribution in [0.25, 0.3) is 0 Å². The van der Waals surface area contributed by atoms with E-state index < -0.39 is 12.1 Å². The molecular weight excluding hydrogens is 218 g/mol. The fourth-order valence-corrected chi connectivity index (χ4v) is 1.62. The van der Waals surface area contributed by atoms with Gasteiger partial charge in [0.25, 0.3) is 0 Å². The van der Waals surface area contributed by atoms with Crippen molar-refractivity contribution in [1.82, 2.24) is 4.90 Å². The van der Waals surface area contributed by atoms with Gasteiger partial charge in [-0.2, -0.15) is 0 Å². The smallest absolute Gasteiger partial charge is 0.308 e. The number of esters is 1. The second-order valence-corrected chi connectivity index (χ2v) is 4.28. The van der Waals surface area contributed by atoms with Crippen molar-refractivity contribution in [3.05, 3.63) is 35.4 Å². The Morgan fingerprint density at radius 2 is 2.18 bits per heavy atom. The first kappa shape index (κ1) is 13.7. The summed E-state index contributed by atoms with van der Waals surface area (Å²) in [4.78, 5) is 13.1. The van der Waals surface area contributed by atoms with Crippen molar-refractivity contribution in [2.24, 2.45) is 0 Å². The van der Waals surface area contributed by atoms with E-state index in [-0.39, 0.29) is 6.42 Å². The minimum Gasteiger partial charge on any atom is -0.469 e. The molecule has 0 aromatic heterocycles. The van der Waals surface area contributed by atoms with E-state index in [1.165, 1.54) is 7.11 Å². The van der Waals surface area contributed by atoms with Crippen molar-refractivity contribution in [2.75, 3.05) is 21.2 Å². The number of methoxy groups -OCH3 is 1. The Morgan fingerprint density at radius 3 is 2.76 bits per heavy atom. The summed E-state index contributed by atoms with van der Waals surface area (Å²) in [7, 11) is 5.28. The molecule has 0 saturated heterocycles. The third-order valence-corrected chi connectivity index (χ3v) is 2.42. The van der Waals surface area contributed by atoms with Gasteiger partial charge in [0.2, 0.25) is 0 Å². The van der Waals surface area contributed by atoms with Gasteiger partial charge in [-0.3, -0.25) is 4.79 Å². The Bertz CT molecular complexity index is 377. The molecule has 1 aromatic carbocycles. The van der Waals surface area contributed by atoms with Crippen molar-refractivity contribution < 1.29 is 14.6 Å². The molecule has 1 N–H and O–H groups in total. The Hall–Kier alpha value is -1.39. The third kappa shape index (κ3) is 4.54. The standard InChI is InChI=1S/C13H19NO3/c1-14(2)9-10-5-4-6-11(7-10)12(15)8-13(16)17-3/h4-7,12,15H,8-9H2,1-3H3. The summed E-state index contributed by atoms with van der Waals surface area (Å²) in [6, 6.07) is 7.60. The zero-order valence-corrected chi connectivity index (χ0v) is 10.5. The average Bonchev–Trinajstić information content (AvgIpc) is 2.28. The zero-order valence-electron chi connectivity index (χ0n) is 10.5. The van der Waals surface area contributed by atoms with Gasteiger partial charge in [-0.1, -0.05) is 24.3 Å². The number of carbonyl (C=O) groups is 1. The van der Waals surface area contributed by atoms with Crippen molar-refractivity contribution in [3.63, 3.8) is 0 Å². The highest BCUT2D eigenvalue weighted by atomic mass is 16.5. The molecule has 0 fully saturated rings. The van der Waals surface area contributed by atoms with Gasteiger partial charge in [0.15, 0.2) is 0 Å². The van der Waals surface area contributed by atoms with E-state index in [0.29, 0.717) is 0 Å². The first-order chi connectivity index (χ1) is 8.02. The van der Waals surface area contributed by atoms with Gasteiger partial charge < -0.3 is 14.7 Å². The number of nitrogens with zero attached hydrogens (tertiary/aromatic N) is 1. The molecule has 0 bridgehead atoms. The molecule has 1 rings (SSSR count). The van der Waals surface area contributed by atoms with E-state index in [1.807, 2.05) is 43.3 Å². The van der Waals surface area contributed by atoms with E-state index in [9.17, 15) is 9.90 Å². The second kappa shape index (κ2) is 6.37. The van der Waals surface area contributed by atoms with Gasteiger partial charge in [0.05, 0.1) is 19.6 Å². The number of benzene rings is 1. The van der Waals surface area contributed by atoms with Crippen LogP contribution in [0.4, 0.5) is 0 Å². The molecule has 0 aliphatic heterocycles. The summed E-state index contributed by atoms with van der Waals surface area (Å²) < 4.78 is 4.53. The highest BCUT2D eigenvalue weighted by Gasteiger charge is 2.13. The second-order valence-electron chi connectivity index (χ2n) is 4.28. The average molecular weight is 237 g/mol. The zero-order chi connectivity index (χ0) is 12.8. The first-order valence-electron chi connectivity index (χ1n) is 5.51. The van der Waals surface area contributed by atoms with Crippen LogP contribution in [0.2, 0.25) is 0 Å². The molecule has 0 aliphatic rings. The minimum atomic E-state index is -0.801. The predicted molar refractivity (Wildman–Crippen MR) is 65.4 cm³/mol. The number of hydrogen-bond donors (Lipinski definition) is 1. The maximum Gasteiger partial charge on any atom is 0.308 e. The van der Waals surface area contributed by atoms with Gasteiger partial charge in [-0.05, 0) is 25.2 Å². The van der Waals surface area contributed by atoms with Crippen LogP contribution < -0.4 is 0 Å². The molecule has 1 aromatic rings. The third-order valence-electron chi connectivity index (χ3n) is 2.42. The molecule has 0 radical (unpaired) electrons. The SMILES string of the molecule is COC(=O)CC(O)c1cccc(CN(C)C)c1. The summed E-state index contributed by atoms with van der Waals surface area (Å²) in [6.07, 6.45) is -0.813. The molecule has 0 saturated carbocycles. The van der Waals surface area contributed by atoms with E-state index in [2.05, 4.69) is 4.74 Å². The topological polar surface area (TPSA) is 49.8 Å². The molecule has 1 atom stereocenters. The van der Waals surface area contributed by atoms with Crippen LogP contribution in [0.1, 0.15) is 23.7 Å². The summed E-state index contributed by atoms with van der Waals surface area (Å²) in [5, 5.41) is 9.87. The Kier molecular flexibility index (Phi) is 5.12. The number of carbonyl (C=O) groups excluding carboxylic acids is 1. The lowest BCUT2D eigenvalue weighted by Crippen LogP contribution is -2.12. The number of rotatable bonds is 5.